The molecule has 0 saturated heterocycles. The number of fused-ring (bicyclic) bond motifs is 1. The lowest BCUT2D eigenvalue weighted by Gasteiger charge is -2.36. The average Bonchev–Trinajstić information content (AvgIpc) is 2.56. The van der Waals surface area contributed by atoms with Crippen LogP contribution in [0.3, 0.4) is 0 Å². The highest BCUT2D eigenvalue weighted by Crippen LogP contribution is 2.35. The van der Waals surface area contributed by atoms with Crippen LogP contribution in [0.5, 0.6) is 0 Å². The third-order valence-corrected chi connectivity index (χ3v) is 4.66. The van der Waals surface area contributed by atoms with Gasteiger partial charge in [0.05, 0.1) is 6.61 Å². The normalized spacial score (nSPS) is 17.5. The fraction of sp³-hybridized carbons (Fsp3) is 0.421. The number of rotatable bonds is 5. The van der Waals surface area contributed by atoms with Crippen molar-refractivity contribution in [2.45, 2.75) is 38.8 Å². The van der Waals surface area contributed by atoms with Crippen molar-refractivity contribution in [2.75, 3.05) is 13.2 Å². The van der Waals surface area contributed by atoms with Crippen molar-refractivity contribution in [2.24, 2.45) is 0 Å². The van der Waals surface area contributed by atoms with Gasteiger partial charge in [-0.3, -0.25) is 9.88 Å². The third-order valence-electron chi connectivity index (χ3n) is 4.66. The van der Waals surface area contributed by atoms with E-state index in [1.807, 2.05) is 12.3 Å². The first kappa shape index (κ1) is 15.2. The molecule has 3 rings (SSSR count). The first-order valence-corrected chi connectivity index (χ1v) is 8.13. The van der Waals surface area contributed by atoms with Gasteiger partial charge in [-0.2, -0.15) is 0 Å². The van der Waals surface area contributed by atoms with E-state index >= 15 is 0 Å². The molecule has 1 atom stereocenters. The van der Waals surface area contributed by atoms with Crippen LogP contribution in [0.25, 0.3) is 0 Å². The molecule has 3 nitrogen and oxygen atoms in total. The zero-order valence-electron chi connectivity index (χ0n) is 13.2. The molecule has 1 N–H and O–H groups in total. The molecule has 22 heavy (non-hydrogen) atoms. The summed E-state index contributed by atoms with van der Waals surface area (Å²) < 4.78 is 0. The maximum absolute atomic E-state index is 9.51. The molecule has 0 amide bonds. The maximum atomic E-state index is 9.51. The van der Waals surface area contributed by atoms with Gasteiger partial charge < -0.3 is 5.11 Å². The van der Waals surface area contributed by atoms with Crippen LogP contribution in [-0.4, -0.2) is 28.1 Å². The van der Waals surface area contributed by atoms with Gasteiger partial charge in [0, 0.05) is 31.0 Å². The molecule has 0 spiro atoms. The summed E-state index contributed by atoms with van der Waals surface area (Å²) in [6.45, 7) is 3.80. The van der Waals surface area contributed by atoms with E-state index < -0.39 is 0 Å². The van der Waals surface area contributed by atoms with Gasteiger partial charge in [0.1, 0.15) is 0 Å². The highest BCUT2D eigenvalue weighted by atomic mass is 16.3. The van der Waals surface area contributed by atoms with Crippen LogP contribution in [0.1, 0.15) is 41.3 Å². The Morgan fingerprint density at radius 3 is 2.91 bits per heavy atom. The van der Waals surface area contributed by atoms with Crippen molar-refractivity contribution in [3.63, 3.8) is 0 Å². The van der Waals surface area contributed by atoms with Crippen LogP contribution in [0, 0.1) is 6.92 Å². The second kappa shape index (κ2) is 7.03. The summed E-state index contributed by atoms with van der Waals surface area (Å²) in [7, 11) is 0. The summed E-state index contributed by atoms with van der Waals surface area (Å²) in [6.07, 6.45) is 5.39. The number of hydrogen-bond acceptors (Lipinski definition) is 3. The first-order chi connectivity index (χ1) is 10.8. The Kier molecular flexibility index (Phi) is 4.86. The van der Waals surface area contributed by atoms with Crippen LogP contribution in [0.2, 0.25) is 0 Å². The van der Waals surface area contributed by atoms with Crippen molar-refractivity contribution in [1.82, 2.24) is 9.88 Å². The second-order valence-corrected chi connectivity index (χ2v) is 6.05. The van der Waals surface area contributed by atoms with E-state index in [-0.39, 0.29) is 6.61 Å². The Morgan fingerprint density at radius 2 is 2.09 bits per heavy atom. The monoisotopic (exact) mass is 296 g/mol. The minimum Gasteiger partial charge on any atom is -0.395 e. The lowest BCUT2D eigenvalue weighted by molar-refractivity contribution is 0.131. The molecule has 0 radical (unpaired) electrons. The van der Waals surface area contributed by atoms with Crippen molar-refractivity contribution >= 4 is 0 Å². The van der Waals surface area contributed by atoms with Gasteiger partial charge in [-0.15, -0.1) is 0 Å². The molecule has 1 aromatic carbocycles. The molecule has 0 aliphatic heterocycles. The molecule has 0 bridgehead atoms. The second-order valence-electron chi connectivity index (χ2n) is 6.05. The Bertz CT molecular complexity index is 626. The maximum Gasteiger partial charge on any atom is 0.0558 e. The quantitative estimate of drug-likeness (QED) is 0.920. The Balaban J connectivity index is 1.87. The molecular weight excluding hydrogens is 272 g/mol. The van der Waals surface area contributed by atoms with E-state index in [1.54, 1.807) is 0 Å². The van der Waals surface area contributed by atoms with Crippen LogP contribution >= 0.6 is 0 Å². The molecule has 3 heteroatoms. The van der Waals surface area contributed by atoms with Crippen molar-refractivity contribution in [3.05, 3.63) is 65.0 Å². The summed E-state index contributed by atoms with van der Waals surface area (Å²) in [5.74, 6) is 0. The number of pyridine rings is 1. The number of aliphatic hydroxyl groups excluding tert-OH is 1. The summed E-state index contributed by atoms with van der Waals surface area (Å²) in [4.78, 5) is 6.80. The number of nitrogens with zero attached hydrogens (tertiary/aromatic N) is 2. The van der Waals surface area contributed by atoms with Crippen LogP contribution in [0.4, 0.5) is 0 Å². The van der Waals surface area contributed by atoms with E-state index in [0.717, 1.165) is 18.7 Å². The number of aromatic nitrogens is 1. The number of aryl methyl sites for hydroxylation is 2. The van der Waals surface area contributed by atoms with Crippen molar-refractivity contribution in [1.29, 1.82) is 0 Å². The van der Waals surface area contributed by atoms with Gasteiger partial charge in [0.25, 0.3) is 0 Å². The van der Waals surface area contributed by atoms with E-state index in [2.05, 4.69) is 47.1 Å². The standard InChI is InChI=1S/C19H24N2O/c1-15-17(8-5-11-20-15)14-21(12-13-22)19-10-4-7-16-6-2-3-9-18(16)19/h2-3,5-6,8-9,11,19,22H,4,7,10,12-14H2,1H3. The molecule has 1 aliphatic carbocycles. The van der Waals surface area contributed by atoms with Gasteiger partial charge in [0.2, 0.25) is 0 Å². The molecule has 116 valence electrons. The third kappa shape index (κ3) is 3.21. The fourth-order valence-electron chi connectivity index (χ4n) is 3.48. The van der Waals surface area contributed by atoms with Gasteiger partial charge in [-0.1, -0.05) is 30.3 Å². The molecule has 0 saturated carbocycles. The van der Waals surface area contributed by atoms with Crippen LogP contribution in [-0.2, 0) is 13.0 Å². The lowest BCUT2D eigenvalue weighted by atomic mass is 9.86. The first-order valence-electron chi connectivity index (χ1n) is 8.13. The Hall–Kier alpha value is -1.71. The predicted octanol–water partition coefficient (Wildman–Crippen LogP) is 3.26. The fourth-order valence-corrected chi connectivity index (χ4v) is 3.48. The summed E-state index contributed by atoms with van der Waals surface area (Å²) >= 11 is 0. The molecule has 1 aromatic heterocycles. The van der Waals surface area contributed by atoms with E-state index in [4.69, 9.17) is 0 Å². The van der Waals surface area contributed by atoms with E-state index in [0.29, 0.717) is 12.6 Å². The molecule has 0 fully saturated rings. The summed E-state index contributed by atoms with van der Waals surface area (Å²) in [5, 5.41) is 9.51. The SMILES string of the molecule is Cc1ncccc1CN(CCO)C1CCCc2ccccc21. The van der Waals surface area contributed by atoms with Gasteiger partial charge in [-0.05, 0) is 48.9 Å². The number of hydrogen-bond donors (Lipinski definition) is 1. The highest BCUT2D eigenvalue weighted by molar-refractivity contribution is 5.32. The topological polar surface area (TPSA) is 36.4 Å². The Labute approximate surface area is 132 Å². The van der Waals surface area contributed by atoms with Gasteiger partial charge in [-0.25, -0.2) is 0 Å². The minimum absolute atomic E-state index is 0.192. The number of aliphatic hydroxyl groups is 1. The van der Waals surface area contributed by atoms with Gasteiger partial charge in [0.15, 0.2) is 0 Å². The zero-order valence-corrected chi connectivity index (χ0v) is 13.2. The highest BCUT2D eigenvalue weighted by Gasteiger charge is 2.25. The molecule has 2 aromatic rings. The average molecular weight is 296 g/mol. The molecular formula is C19H24N2O. The largest absolute Gasteiger partial charge is 0.395 e. The summed E-state index contributed by atoms with van der Waals surface area (Å²) in [5.41, 5.74) is 5.22. The van der Waals surface area contributed by atoms with Gasteiger partial charge >= 0.3 is 0 Å². The van der Waals surface area contributed by atoms with E-state index in [1.165, 1.54) is 29.5 Å². The molecule has 1 unspecified atom stereocenters. The molecule has 1 aliphatic rings. The Morgan fingerprint density at radius 1 is 1.23 bits per heavy atom. The van der Waals surface area contributed by atoms with E-state index in [9.17, 15) is 5.11 Å². The zero-order chi connectivity index (χ0) is 15.4. The number of benzene rings is 1. The predicted molar refractivity (Wildman–Crippen MR) is 88.6 cm³/mol. The smallest absolute Gasteiger partial charge is 0.0558 e. The van der Waals surface area contributed by atoms with Crippen LogP contribution < -0.4 is 0 Å². The van der Waals surface area contributed by atoms with Crippen molar-refractivity contribution < 1.29 is 5.11 Å². The summed E-state index contributed by atoms with van der Waals surface area (Å²) in [6, 6.07) is 13.3. The molecule has 1 heterocycles. The minimum atomic E-state index is 0.192. The van der Waals surface area contributed by atoms with Crippen LogP contribution in [0.15, 0.2) is 42.6 Å². The van der Waals surface area contributed by atoms with Crippen molar-refractivity contribution in [3.8, 4) is 0 Å². The lowest BCUT2D eigenvalue weighted by Crippen LogP contribution is -2.33.